The fourth-order valence-corrected chi connectivity index (χ4v) is 4.18. The molecule has 4 rings (SSSR count). The average Bonchev–Trinajstić information content (AvgIpc) is 3.43. The summed E-state index contributed by atoms with van der Waals surface area (Å²) in [6.07, 6.45) is 5.04. The zero-order chi connectivity index (χ0) is 19.7. The van der Waals surface area contributed by atoms with Crippen LogP contribution in [-0.2, 0) is 0 Å². The Labute approximate surface area is 167 Å². The quantitative estimate of drug-likeness (QED) is 0.194. The van der Waals surface area contributed by atoms with E-state index in [0.717, 1.165) is 4.96 Å². The Kier molecular flexibility index (Phi) is 4.76. The van der Waals surface area contributed by atoms with E-state index in [-0.39, 0.29) is 17.2 Å². The van der Waals surface area contributed by atoms with E-state index < -0.39 is 4.92 Å². The summed E-state index contributed by atoms with van der Waals surface area (Å²) < 4.78 is 6.92. The van der Waals surface area contributed by atoms with Crippen molar-refractivity contribution >= 4 is 45.2 Å². The SMILES string of the molecule is COc1ccc(-c2nc3sccn3c2/C=C/C(=O)c2cccs2)cc1[N+](=O)[O-]. The summed E-state index contributed by atoms with van der Waals surface area (Å²) >= 11 is 2.82. The van der Waals surface area contributed by atoms with Gasteiger partial charge in [0.05, 0.1) is 28.3 Å². The van der Waals surface area contributed by atoms with Gasteiger partial charge in [-0.3, -0.25) is 19.3 Å². The molecule has 28 heavy (non-hydrogen) atoms. The zero-order valence-electron chi connectivity index (χ0n) is 14.6. The third-order valence-corrected chi connectivity index (χ3v) is 5.75. The van der Waals surface area contributed by atoms with Gasteiger partial charge in [-0.25, -0.2) is 4.98 Å². The topological polar surface area (TPSA) is 86.7 Å². The van der Waals surface area contributed by atoms with E-state index in [2.05, 4.69) is 4.98 Å². The Morgan fingerprint density at radius 2 is 2.14 bits per heavy atom. The van der Waals surface area contributed by atoms with Gasteiger partial charge in [-0.15, -0.1) is 22.7 Å². The third kappa shape index (κ3) is 3.21. The molecule has 3 heterocycles. The number of hydrogen-bond donors (Lipinski definition) is 0. The van der Waals surface area contributed by atoms with Crippen molar-refractivity contribution in [3.05, 3.63) is 74.1 Å². The maximum atomic E-state index is 12.3. The minimum Gasteiger partial charge on any atom is -0.490 e. The molecule has 1 aromatic carbocycles. The molecule has 3 aromatic heterocycles. The van der Waals surface area contributed by atoms with Crippen molar-refractivity contribution in [2.75, 3.05) is 7.11 Å². The number of methoxy groups -OCH3 is 1. The van der Waals surface area contributed by atoms with Crippen LogP contribution in [-0.4, -0.2) is 27.2 Å². The van der Waals surface area contributed by atoms with E-state index in [1.165, 1.54) is 41.9 Å². The molecular weight excluding hydrogens is 398 g/mol. The second-order valence-corrected chi connectivity index (χ2v) is 7.54. The molecule has 0 aliphatic heterocycles. The first-order chi connectivity index (χ1) is 13.6. The summed E-state index contributed by atoms with van der Waals surface area (Å²) in [4.78, 5) is 29.2. The number of aromatic nitrogens is 2. The predicted octanol–water partition coefficient (Wildman–Crippen LogP) is 4.94. The number of carbonyl (C=O) groups excluding carboxylic acids is 1. The number of hydrogen-bond acceptors (Lipinski definition) is 7. The second-order valence-electron chi connectivity index (χ2n) is 5.72. The number of nitrogens with zero attached hydrogens (tertiary/aromatic N) is 3. The van der Waals surface area contributed by atoms with Gasteiger partial charge in [0.2, 0.25) is 0 Å². The monoisotopic (exact) mass is 411 g/mol. The lowest BCUT2D eigenvalue weighted by molar-refractivity contribution is -0.385. The van der Waals surface area contributed by atoms with Crippen molar-refractivity contribution in [3.8, 4) is 17.0 Å². The summed E-state index contributed by atoms with van der Waals surface area (Å²) in [7, 11) is 1.39. The maximum Gasteiger partial charge on any atom is 0.311 e. The zero-order valence-corrected chi connectivity index (χ0v) is 16.2. The van der Waals surface area contributed by atoms with E-state index in [4.69, 9.17) is 4.74 Å². The first-order valence-electron chi connectivity index (χ1n) is 8.12. The molecule has 0 saturated carbocycles. The van der Waals surface area contributed by atoms with Crippen LogP contribution in [0, 0.1) is 10.1 Å². The Bertz CT molecular complexity index is 1210. The van der Waals surface area contributed by atoms with Crippen LogP contribution >= 0.6 is 22.7 Å². The lowest BCUT2D eigenvalue weighted by Gasteiger charge is -2.04. The molecule has 0 unspecified atom stereocenters. The number of rotatable bonds is 6. The number of allylic oxidation sites excluding steroid dienone is 1. The molecule has 0 radical (unpaired) electrons. The number of fused-ring (bicyclic) bond motifs is 1. The van der Waals surface area contributed by atoms with Gasteiger partial charge in [0.15, 0.2) is 16.5 Å². The fourth-order valence-electron chi connectivity index (χ4n) is 2.81. The molecule has 0 N–H and O–H groups in total. The fraction of sp³-hybridized carbons (Fsp3) is 0.0526. The molecule has 0 aliphatic rings. The van der Waals surface area contributed by atoms with E-state index in [0.29, 0.717) is 21.8 Å². The summed E-state index contributed by atoms with van der Waals surface area (Å²) in [6, 6.07) is 8.29. The number of thiophene rings is 1. The van der Waals surface area contributed by atoms with Gasteiger partial charge < -0.3 is 4.74 Å². The standard InChI is InChI=1S/C19H13N3O4S2/c1-26-16-7-4-12(11-14(16)22(24)25)18-13(21-8-10-28-19(21)20-18)5-6-15(23)17-3-2-9-27-17/h2-11H,1H3/b6-5+. The van der Waals surface area contributed by atoms with E-state index in [1.807, 2.05) is 27.4 Å². The minimum absolute atomic E-state index is 0.105. The molecule has 0 amide bonds. The Hall–Kier alpha value is -3.30. The first-order valence-corrected chi connectivity index (χ1v) is 9.88. The van der Waals surface area contributed by atoms with E-state index >= 15 is 0 Å². The highest BCUT2D eigenvalue weighted by Gasteiger charge is 2.20. The molecule has 0 bridgehead atoms. The van der Waals surface area contributed by atoms with Gasteiger partial charge >= 0.3 is 5.69 Å². The average molecular weight is 411 g/mol. The largest absolute Gasteiger partial charge is 0.490 e. The summed E-state index contributed by atoms with van der Waals surface area (Å²) in [5.41, 5.74) is 1.68. The molecule has 0 aliphatic carbocycles. The smallest absolute Gasteiger partial charge is 0.311 e. The molecule has 140 valence electrons. The van der Waals surface area contributed by atoms with Gasteiger partial charge in [-0.2, -0.15) is 0 Å². The van der Waals surface area contributed by atoms with Crippen molar-refractivity contribution < 1.29 is 14.5 Å². The van der Waals surface area contributed by atoms with Crippen molar-refractivity contribution in [1.29, 1.82) is 0 Å². The minimum atomic E-state index is -0.489. The van der Waals surface area contributed by atoms with E-state index in [1.54, 1.807) is 24.3 Å². The molecule has 7 nitrogen and oxygen atoms in total. The number of ketones is 1. The number of carbonyl (C=O) groups is 1. The number of nitro benzene ring substituents is 1. The highest BCUT2D eigenvalue weighted by molar-refractivity contribution is 7.15. The van der Waals surface area contributed by atoms with Crippen LogP contribution < -0.4 is 4.74 Å². The van der Waals surface area contributed by atoms with Gasteiger partial charge in [-0.05, 0) is 35.7 Å². The highest BCUT2D eigenvalue weighted by atomic mass is 32.1. The Morgan fingerprint density at radius 3 is 2.86 bits per heavy atom. The van der Waals surface area contributed by atoms with Crippen molar-refractivity contribution in [2.45, 2.75) is 0 Å². The van der Waals surface area contributed by atoms with Crippen LogP contribution in [0.15, 0.2) is 53.4 Å². The summed E-state index contributed by atoms with van der Waals surface area (Å²) in [5.74, 6) is 0.0755. The Balaban J connectivity index is 1.81. The Morgan fingerprint density at radius 1 is 1.29 bits per heavy atom. The molecule has 0 saturated heterocycles. The molecule has 0 fully saturated rings. The first kappa shape index (κ1) is 18.1. The number of imidazole rings is 1. The van der Waals surface area contributed by atoms with Gasteiger partial charge in [0.25, 0.3) is 0 Å². The summed E-state index contributed by atoms with van der Waals surface area (Å²) in [6.45, 7) is 0. The second kappa shape index (κ2) is 7.37. The molecule has 0 spiro atoms. The molecular formula is C19H13N3O4S2. The summed E-state index contributed by atoms with van der Waals surface area (Å²) in [5, 5.41) is 15.1. The number of thiazole rings is 1. The predicted molar refractivity (Wildman–Crippen MR) is 109 cm³/mol. The van der Waals surface area contributed by atoms with Crippen LogP contribution in [0.2, 0.25) is 0 Å². The van der Waals surface area contributed by atoms with Crippen molar-refractivity contribution in [1.82, 2.24) is 9.38 Å². The number of benzene rings is 1. The van der Waals surface area contributed by atoms with Crippen LogP contribution in [0.4, 0.5) is 5.69 Å². The molecule has 9 heteroatoms. The third-order valence-electron chi connectivity index (χ3n) is 4.10. The lowest BCUT2D eigenvalue weighted by Crippen LogP contribution is -1.95. The maximum absolute atomic E-state index is 12.3. The number of nitro groups is 1. The highest BCUT2D eigenvalue weighted by Crippen LogP contribution is 2.34. The number of ether oxygens (including phenoxy) is 1. The van der Waals surface area contributed by atoms with Crippen LogP contribution in [0.1, 0.15) is 15.4 Å². The van der Waals surface area contributed by atoms with Crippen LogP contribution in [0.5, 0.6) is 5.75 Å². The van der Waals surface area contributed by atoms with E-state index in [9.17, 15) is 14.9 Å². The van der Waals surface area contributed by atoms with Crippen molar-refractivity contribution in [2.24, 2.45) is 0 Å². The van der Waals surface area contributed by atoms with Crippen LogP contribution in [0.25, 0.3) is 22.3 Å². The van der Waals surface area contributed by atoms with Gasteiger partial charge in [-0.1, -0.05) is 6.07 Å². The normalized spacial score (nSPS) is 11.3. The van der Waals surface area contributed by atoms with Crippen LogP contribution in [0.3, 0.4) is 0 Å². The molecule has 0 atom stereocenters. The van der Waals surface area contributed by atoms with Gasteiger partial charge in [0, 0.05) is 23.2 Å². The lowest BCUT2D eigenvalue weighted by atomic mass is 10.1. The van der Waals surface area contributed by atoms with Gasteiger partial charge in [0.1, 0.15) is 0 Å². The molecule has 4 aromatic rings. The van der Waals surface area contributed by atoms with Crippen molar-refractivity contribution in [3.63, 3.8) is 0 Å².